The Bertz CT molecular complexity index is 685. The number of hydroxylamine groups is 2. The maximum absolute atomic E-state index is 14.1. The quantitative estimate of drug-likeness (QED) is 0.378. The van der Waals surface area contributed by atoms with Gasteiger partial charge in [-0.25, -0.2) is 14.4 Å². The van der Waals surface area contributed by atoms with Crippen molar-refractivity contribution in [1.82, 2.24) is 14.9 Å². The number of halogens is 1. The van der Waals surface area contributed by atoms with Gasteiger partial charge in [0.1, 0.15) is 18.0 Å². The Kier molecular flexibility index (Phi) is 7.86. The molecule has 3 amide bonds. The number of amides is 3. The molecule has 9 heteroatoms. The van der Waals surface area contributed by atoms with E-state index in [9.17, 15) is 24.0 Å². The number of unbranched alkanes of at least 4 members (excludes halogenated alkanes) is 1. The normalized spacial score (nSPS) is 19.9. The van der Waals surface area contributed by atoms with Crippen molar-refractivity contribution in [3.8, 4) is 0 Å². The van der Waals surface area contributed by atoms with Gasteiger partial charge in [-0.1, -0.05) is 25.8 Å². The number of hydrogen-bond acceptors (Lipinski definition) is 5. The lowest BCUT2D eigenvalue weighted by Gasteiger charge is -2.28. The number of pyridine rings is 1. The van der Waals surface area contributed by atoms with Crippen LogP contribution in [0.3, 0.4) is 0 Å². The molecule has 0 saturated carbocycles. The van der Waals surface area contributed by atoms with Crippen LogP contribution in [0.1, 0.15) is 38.2 Å². The second-order valence-electron chi connectivity index (χ2n) is 7.12. The highest BCUT2D eigenvalue weighted by Crippen LogP contribution is 2.25. The van der Waals surface area contributed by atoms with E-state index >= 15 is 0 Å². The molecule has 0 radical (unpaired) electrons. The summed E-state index contributed by atoms with van der Waals surface area (Å²) in [5.41, 5.74) is 0.932. The Balaban J connectivity index is 2.12. The van der Waals surface area contributed by atoms with Gasteiger partial charge in [0.25, 0.3) is 0 Å². The van der Waals surface area contributed by atoms with Gasteiger partial charge in [-0.15, -0.1) is 0 Å². The molecule has 0 aliphatic carbocycles. The third-order valence-electron chi connectivity index (χ3n) is 4.78. The minimum Gasteiger partial charge on any atom is -0.327 e. The second-order valence-corrected chi connectivity index (χ2v) is 7.12. The first-order valence-corrected chi connectivity index (χ1v) is 9.44. The molecule has 1 fully saturated rings. The van der Waals surface area contributed by atoms with Crippen LogP contribution in [0, 0.1) is 12.8 Å². The number of anilines is 1. The van der Waals surface area contributed by atoms with Crippen molar-refractivity contribution in [3.63, 3.8) is 0 Å². The number of alkyl halides is 1. The van der Waals surface area contributed by atoms with Gasteiger partial charge >= 0.3 is 0 Å². The van der Waals surface area contributed by atoms with Crippen molar-refractivity contribution in [2.45, 2.75) is 51.7 Å². The molecule has 1 aromatic rings. The predicted molar refractivity (Wildman–Crippen MR) is 100 cm³/mol. The minimum atomic E-state index is -1.31. The summed E-state index contributed by atoms with van der Waals surface area (Å²) >= 11 is 0. The largest absolute Gasteiger partial charge is 0.327 e. The Morgan fingerprint density at radius 3 is 2.86 bits per heavy atom. The molecule has 1 aromatic heterocycles. The molecule has 0 spiro atoms. The molecule has 3 atom stereocenters. The van der Waals surface area contributed by atoms with Crippen LogP contribution in [0.5, 0.6) is 0 Å². The van der Waals surface area contributed by atoms with Gasteiger partial charge in [0, 0.05) is 12.6 Å². The summed E-state index contributed by atoms with van der Waals surface area (Å²) in [4.78, 5) is 41.7. The molecule has 28 heavy (non-hydrogen) atoms. The molecule has 0 aromatic carbocycles. The van der Waals surface area contributed by atoms with Crippen molar-refractivity contribution in [2.24, 2.45) is 5.92 Å². The molecule has 2 N–H and O–H groups in total. The molecule has 8 nitrogen and oxygen atoms in total. The van der Waals surface area contributed by atoms with Crippen LogP contribution in [-0.2, 0) is 14.4 Å². The number of aromatic nitrogens is 1. The minimum absolute atomic E-state index is 0.0968. The molecule has 154 valence electrons. The highest BCUT2D eigenvalue weighted by Gasteiger charge is 2.42. The lowest BCUT2D eigenvalue weighted by Crippen LogP contribution is -2.47. The van der Waals surface area contributed by atoms with Crippen molar-refractivity contribution in [1.29, 1.82) is 0 Å². The molecule has 2 rings (SSSR count). The molecule has 1 saturated heterocycles. The molecule has 0 bridgehead atoms. The molecule has 1 aliphatic rings. The Morgan fingerprint density at radius 2 is 2.25 bits per heavy atom. The van der Waals surface area contributed by atoms with Crippen LogP contribution >= 0.6 is 0 Å². The van der Waals surface area contributed by atoms with Crippen molar-refractivity contribution in [3.05, 3.63) is 23.9 Å². The highest BCUT2D eigenvalue weighted by molar-refractivity contribution is 5.97. The van der Waals surface area contributed by atoms with Crippen LogP contribution in [0.15, 0.2) is 18.3 Å². The highest BCUT2D eigenvalue weighted by atomic mass is 19.1. The molecular formula is C19H27FN4O4. The van der Waals surface area contributed by atoms with Crippen molar-refractivity contribution >= 4 is 24.0 Å². The number of hydrogen-bond donors (Lipinski definition) is 2. The zero-order valence-electron chi connectivity index (χ0n) is 16.2. The lowest BCUT2D eigenvalue weighted by atomic mass is 9.99. The molecule has 0 unspecified atom stereocenters. The van der Waals surface area contributed by atoms with Gasteiger partial charge in [-0.3, -0.25) is 19.6 Å². The Hall–Kier alpha value is -2.55. The van der Waals surface area contributed by atoms with Crippen LogP contribution < -0.4 is 5.32 Å². The molecule has 2 heterocycles. The number of nitrogens with zero attached hydrogens (tertiary/aromatic N) is 3. The van der Waals surface area contributed by atoms with Gasteiger partial charge in [0.15, 0.2) is 0 Å². The smallest absolute Gasteiger partial charge is 0.248 e. The maximum atomic E-state index is 14.1. The van der Waals surface area contributed by atoms with Crippen LogP contribution in [-0.4, -0.2) is 63.7 Å². The predicted octanol–water partition coefficient (Wildman–Crippen LogP) is 1.92. The van der Waals surface area contributed by atoms with E-state index in [0.717, 1.165) is 12.0 Å². The topological polar surface area (TPSA) is 103 Å². The van der Waals surface area contributed by atoms with Gasteiger partial charge in [-0.2, -0.15) is 0 Å². The van der Waals surface area contributed by atoms with Gasteiger partial charge in [0.05, 0.1) is 19.0 Å². The summed E-state index contributed by atoms with van der Waals surface area (Å²) in [5, 5.41) is 12.5. The number of nitrogens with one attached hydrogen (secondary N) is 1. The van der Waals surface area contributed by atoms with E-state index in [1.54, 1.807) is 18.3 Å². The first-order valence-electron chi connectivity index (χ1n) is 9.44. The fourth-order valence-electron chi connectivity index (χ4n) is 3.27. The summed E-state index contributed by atoms with van der Waals surface area (Å²) < 4.78 is 14.1. The third kappa shape index (κ3) is 5.72. The van der Waals surface area contributed by atoms with E-state index in [1.165, 1.54) is 4.90 Å². The van der Waals surface area contributed by atoms with E-state index in [0.29, 0.717) is 23.7 Å². The zero-order chi connectivity index (χ0) is 20.7. The average Bonchev–Trinajstić information content (AvgIpc) is 3.08. The summed E-state index contributed by atoms with van der Waals surface area (Å²) in [7, 11) is 0. The van der Waals surface area contributed by atoms with E-state index in [4.69, 9.17) is 0 Å². The van der Waals surface area contributed by atoms with Gasteiger partial charge in [-0.05, 0) is 25.0 Å². The SMILES string of the molecule is CCCC[C@H](CN(O)C=O)C(=O)N1C[C@H](F)C[C@H]1C(=O)Nc1ccc(C)cn1. The summed E-state index contributed by atoms with van der Waals surface area (Å²) in [6.45, 7) is 3.44. The second kappa shape index (κ2) is 10.1. The Morgan fingerprint density at radius 1 is 1.50 bits per heavy atom. The first-order chi connectivity index (χ1) is 13.3. The van der Waals surface area contributed by atoms with Crippen molar-refractivity contribution < 1.29 is 24.0 Å². The number of likely N-dealkylation sites (tertiary alicyclic amines) is 1. The fourth-order valence-corrected chi connectivity index (χ4v) is 3.27. The van der Waals surface area contributed by atoms with E-state index in [2.05, 4.69) is 10.3 Å². The van der Waals surface area contributed by atoms with E-state index in [1.807, 2.05) is 13.8 Å². The number of carbonyl (C=O) groups is 3. The summed E-state index contributed by atoms with van der Waals surface area (Å²) in [6.07, 6.45) is 2.38. The Labute approximate surface area is 163 Å². The number of carbonyl (C=O) groups excluding carboxylic acids is 3. The molecule has 1 aliphatic heterocycles. The molecular weight excluding hydrogens is 367 g/mol. The summed E-state index contributed by atoms with van der Waals surface area (Å²) in [5.74, 6) is -1.31. The average molecular weight is 394 g/mol. The van der Waals surface area contributed by atoms with Gasteiger partial charge in [0.2, 0.25) is 18.2 Å². The van der Waals surface area contributed by atoms with Crippen LogP contribution in [0.25, 0.3) is 0 Å². The van der Waals surface area contributed by atoms with E-state index < -0.39 is 29.9 Å². The van der Waals surface area contributed by atoms with E-state index in [-0.39, 0.29) is 25.9 Å². The van der Waals surface area contributed by atoms with Crippen LogP contribution in [0.4, 0.5) is 10.2 Å². The number of aryl methyl sites for hydroxylation is 1. The monoisotopic (exact) mass is 394 g/mol. The fraction of sp³-hybridized carbons (Fsp3) is 0.579. The zero-order valence-corrected chi connectivity index (χ0v) is 16.2. The number of rotatable bonds is 9. The third-order valence-corrected chi connectivity index (χ3v) is 4.78. The summed E-state index contributed by atoms with van der Waals surface area (Å²) in [6, 6.07) is 2.46. The lowest BCUT2D eigenvalue weighted by molar-refractivity contribution is -0.157. The van der Waals surface area contributed by atoms with Crippen LogP contribution in [0.2, 0.25) is 0 Å². The van der Waals surface area contributed by atoms with Crippen molar-refractivity contribution in [2.75, 3.05) is 18.4 Å². The maximum Gasteiger partial charge on any atom is 0.248 e. The van der Waals surface area contributed by atoms with Gasteiger partial charge < -0.3 is 10.2 Å². The first kappa shape index (κ1) is 21.7. The standard InChI is InChI=1S/C19H27FN4O4/c1-3-4-5-14(10-23(28)12-25)19(27)24-11-15(20)8-16(24)18(26)22-17-7-6-13(2)9-21-17/h6-7,9,12,14-16,28H,3-5,8,10-11H2,1-2H3,(H,21,22,26)/t14-,15-,16+/m1/s1.